The van der Waals surface area contributed by atoms with E-state index < -0.39 is 11.4 Å². The Balaban J connectivity index is 2.05. The lowest BCUT2D eigenvalue weighted by Crippen LogP contribution is -2.44. The molecule has 0 aromatic rings. The van der Waals surface area contributed by atoms with Crippen LogP contribution in [0.4, 0.5) is 0 Å². The van der Waals surface area contributed by atoms with Gasteiger partial charge in [0, 0.05) is 5.54 Å². The zero-order valence-electron chi connectivity index (χ0n) is 9.33. The minimum absolute atomic E-state index is 0.274. The Bertz CT molecular complexity index is 205. The Labute approximate surface area is 94.3 Å². The van der Waals surface area contributed by atoms with Gasteiger partial charge in [-0.25, -0.2) is 0 Å². The fraction of sp³-hybridized carbons (Fsp3) is 1.00. The van der Waals surface area contributed by atoms with Crippen LogP contribution < -0.4 is 5.32 Å². The maximum atomic E-state index is 10.2. The van der Waals surface area contributed by atoms with Crippen LogP contribution in [-0.2, 0) is 15.5 Å². The van der Waals surface area contributed by atoms with E-state index in [-0.39, 0.29) is 5.54 Å². The van der Waals surface area contributed by atoms with Crippen LogP contribution >= 0.6 is 0 Å². The standard InChI is InChI=1S/C10H21NO3S/c1-10(6-3-2-4-7-10)11-8-5-9-14-15(12)13/h11H,2-9H2,1H3,(H,12,13). The van der Waals surface area contributed by atoms with Gasteiger partial charge in [0.15, 0.2) is 0 Å². The van der Waals surface area contributed by atoms with Gasteiger partial charge in [-0.2, -0.15) is 4.21 Å². The smallest absolute Gasteiger partial charge is 0.301 e. The summed E-state index contributed by atoms with van der Waals surface area (Å²) in [7, 11) is 0. The summed E-state index contributed by atoms with van der Waals surface area (Å²) in [5.41, 5.74) is 0.274. The third kappa shape index (κ3) is 5.61. The second kappa shape index (κ2) is 6.58. The molecule has 2 N–H and O–H groups in total. The van der Waals surface area contributed by atoms with Crippen molar-refractivity contribution in [2.75, 3.05) is 13.2 Å². The van der Waals surface area contributed by atoms with E-state index in [4.69, 9.17) is 4.55 Å². The van der Waals surface area contributed by atoms with Crippen LogP contribution in [0, 0.1) is 0 Å². The number of nitrogens with one attached hydrogen (secondary N) is 1. The van der Waals surface area contributed by atoms with E-state index in [0.717, 1.165) is 13.0 Å². The van der Waals surface area contributed by atoms with Crippen molar-refractivity contribution in [2.24, 2.45) is 0 Å². The largest absolute Gasteiger partial charge is 0.311 e. The molecular weight excluding hydrogens is 214 g/mol. The third-order valence-corrected chi connectivity index (χ3v) is 3.38. The molecule has 1 atom stereocenters. The number of hydrogen-bond acceptors (Lipinski definition) is 3. The Kier molecular flexibility index (Phi) is 5.74. The highest BCUT2D eigenvalue weighted by atomic mass is 32.2. The molecule has 1 saturated carbocycles. The molecule has 15 heavy (non-hydrogen) atoms. The van der Waals surface area contributed by atoms with Crippen LogP contribution in [0.5, 0.6) is 0 Å². The highest BCUT2D eigenvalue weighted by Gasteiger charge is 2.25. The first-order chi connectivity index (χ1) is 7.12. The summed E-state index contributed by atoms with van der Waals surface area (Å²) in [5.74, 6) is 0. The molecular formula is C10H21NO3S. The maximum Gasteiger partial charge on any atom is 0.301 e. The van der Waals surface area contributed by atoms with E-state index in [2.05, 4.69) is 16.4 Å². The van der Waals surface area contributed by atoms with E-state index in [1.807, 2.05) is 0 Å². The van der Waals surface area contributed by atoms with Crippen LogP contribution in [0.15, 0.2) is 0 Å². The number of rotatable bonds is 6. The van der Waals surface area contributed by atoms with E-state index in [9.17, 15) is 4.21 Å². The van der Waals surface area contributed by atoms with Crippen molar-refractivity contribution >= 4 is 11.4 Å². The molecule has 0 radical (unpaired) electrons. The lowest BCUT2D eigenvalue weighted by molar-refractivity contribution is 0.240. The topological polar surface area (TPSA) is 58.6 Å². The summed E-state index contributed by atoms with van der Waals surface area (Å²) in [6.45, 7) is 3.46. The van der Waals surface area contributed by atoms with Gasteiger partial charge in [-0.3, -0.25) is 8.74 Å². The molecule has 1 aliphatic rings. The van der Waals surface area contributed by atoms with Gasteiger partial charge >= 0.3 is 11.4 Å². The van der Waals surface area contributed by atoms with Crippen molar-refractivity contribution in [1.82, 2.24) is 5.32 Å². The average molecular weight is 235 g/mol. The van der Waals surface area contributed by atoms with Crippen LogP contribution in [0.1, 0.15) is 45.4 Å². The van der Waals surface area contributed by atoms with Gasteiger partial charge in [-0.15, -0.1) is 0 Å². The maximum absolute atomic E-state index is 10.2. The van der Waals surface area contributed by atoms with Gasteiger partial charge in [0.2, 0.25) is 0 Å². The molecule has 0 spiro atoms. The van der Waals surface area contributed by atoms with Crippen molar-refractivity contribution in [2.45, 2.75) is 51.0 Å². The van der Waals surface area contributed by atoms with Gasteiger partial charge in [0.25, 0.3) is 0 Å². The zero-order chi connectivity index (χ0) is 11.1. The summed E-state index contributed by atoms with van der Waals surface area (Å²) in [6.07, 6.45) is 7.21. The van der Waals surface area contributed by atoms with Gasteiger partial charge in [0.1, 0.15) is 0 Å². The normalized spacial score (nSPS) is 22.5. The fourth-order valence-electron chi connectivity index (χ4n) is 2.10. The Morgan fingerprint density at radius 3 is 2.67 bits per heavy atom. The van der Waals surface area contributed by atoms with Crippen molar-refractivity contribution in [3.05, 3.63) is 0 Å². The van der Waals surface area contributed by atoms with E-state index in [1.54, 1.807) is 0 Å². The summed E-state index contributed by atoms with van der Waals surface area (Å²) in [5, 5.41) is 3.51. The quantitative estimate of drug-likeness (QED) is 0.545. The van der Waals surface area contributed by atoms with Gasteiger partial charge < -0.3 is 5.32 Å². The van der Waals surface area contributed by atoms with E-state index >= 15 is 0 Å². The lowest BCUT2D eigenvalue weighted by atomic mass is 9.83. The Morgan fingerprint density at radius 1 is 1.40 bits per heavy atom. The molecule has 0 aliphatic heterocycles. The SMILES string of the molecule is CC1(NCCCOS(=O)O)CCCCC1. The molecule has 0 amide bonds. The fourth-order valence-corrected chi connectivity index (χ4v) is 2.36. The third-order valence-electron chi connectivity index (χ3n) is 3.01. The van der Waals surface area contributed by atoms with Crippen molar-refractivity contribution < 1.29 is 12.9 Å². The first kappa shape index (κ1) is 13.1. The Morgan fingerprint density at radius 2 is 2.07 bits per heavy atom. The summed E-state index contributed by atoms with van der Waals surface area (Å²) in [6, 6.07) is 0. The van der Waals surface area contributed by atoms with Crippen LogP contribution in [0.3, 0.4) is 0 Å². The minimum atomic E-state index is -2.11. The summed E-state index contributed by atoms with van der Waals surface area (Å²) < 4.78 is 23.1. The monoisotopic (exact) mass is 235 g/mol. The van der Waals surface area contributed by atoms with Crippen molar-refractivity contribution in [3.8, 4) is 0 Å². The molecule has 0 heterocycles. The molecule has 1 rings (SSSR count). The van der Waals surface area contributed by atoms with E-state index in [1.165, 1.54) is 32.1 Å². The first-order valence-corrected chi connectivity index (χ1v) is 6.65. The number of hydrogen-bond donors (Lipinski definition) is 2. The predicted molar refractivity (Wildman–Crippen MR) is 60.8 cm³/mol. The minimum Gasteiger partial charge on any atom is -0.311 e. The molecule has 0 saturated heterocycles. The summed E-state index contributed by atoms with van der Waals surface area (Å²) in [4.78, 5) is 0. The zero-order valence-corrected chi connectivity index (χ0v) is 10.1. The van der Waals surface area contributed by atoms with E-state index in [0.29, 0.717) is 6.61 Å². The van der Waals surface area contributed by atoms with Crippen molar-refractivity contribution in [3.63, 3.8) is 0 Å². The second-order valence-electron chi connectivity index (χ2n) is 4.44. The highest BCUT2D eigenvalue weighted by molar-refractivity contribution is 7.74. The molecule has 0 aromatic carbocycles. The van der Waals surface area contributed by atoms with Gasteiger partial charge in [-0.1, -0.05) is 19.3 Å². The molecule has 1 unspecified atom stereocenters. The van der Waals surface area contributed by atoms with Gasteiger partial charge in [0.05, 0.1) is 6.61 Å². The average Bonchev–Trinajstić information content (AvgIpc) is 2.17. The molecule has 5 heteroatoms. The molecule has 4 nitrogen and oxygen atoms in total. The summed E-state index contributed by atoms with van der Waals surface area (Å²) >= 11 is -2.11. The van der Waals surface area contributed by atoms with Gasteiger partial charge in [-0.05, 0) is 32.7 Å². The van der Waals surface area contributed by atoms with Crippen LogP contribution in [-0.4, -0.2) is 27.5 Å². The molecule has 1 aliphatic carbocycles. The predicted octanol–water partition coefficient (Wildman–Crippen LogP) is 1.84. The lowest BCUT2D eigenvalue weighted by Gasteiger charge is -2.34. The molecule has 0 bridgehead atoms. The highest BCUT2D eigenvalue weighted by Crippen LogP contribution is 2.27. The van der Waals surface area contributed by atoms with Crippen LogP contribution in [0.2, 0.25) is 0 Å². The Hall–Kier alpha value is 0.0300. The second-order valence-corrected chi connectivity index (χ2v) is 5.11. The first-order valence-electron chi connectivity index (χ1n) is 5.62. The molecule has 0 aromatic heterocycles. The van der Waals surface area contributed by atoms with Crippen LogP contribution in [0.25, 0.3) is 0 Å². The molecule has 1 fully saturated rings. The molecule has 90 valence electrons. The van der Waals surface area contributed by atoms with Crippen molar-refractivity contribution in [1.29, 1.82) is 0 Å².